The maximum atomic E-state index is 12.9. The highest BCUT2D eigenvalue weighted by molar-refractivity contribution is 7.13. The molecule has 0 N–H and O–H groups in total. The van der Waals surface area contributed by atoms with Crippen LogP contribution >= 0.6 is 11.3 Å². The molecule has 0 saturated carbocycles. The van der Waals surface area contributed by atoms with E-state index < -0.39 is 0 Å². The summed E-state index contributed by atoms with van der Waals surface area (Å²) in [5.41, 5.74) is 4.60. The van der Waals surface area contributed by atoms with Crippen LogP contribution in [0.15, 0.2) is 69.5 Å². The number of aryl methyl sites for hydroxylation is 1. The van der Waals surface area contributed by atoms with E-state index in [1.54, 1.807) is 22.2 Å². The van der Waals surface area contributed by atoms with Crippen molar-refractivity contribution in [2.24, 2.45) is 0 Å². The Bertz CT molecular complexity index is 1350. The zero-order valence-electron chi connectivity index (χ0n) is 15.3. The Kier molecular flexibility index (Phi) is 4.06. The molecule has 3 heterocycles. The number of fused-ring (bicyclic) bond motifs is 3. The minimum Gasteiger partial charge on any atom is -0.448 e. The van der Waals surface area contributed by atoms with E-state index in [0.717, 1.165) is 28.1 Å². The van der Waals surface area contributed by atoms with Gasteiger partial charge in [0.15, 0.2) is 0 Å². The highest BCUT2D eigenvalue weighted by Gasteiger charge is 2.14. The summed E-state index contributed by atoms with van der Waals surface area (Å²) >= 11 is 1.58. The fourth-order valence-corrected chi connectivity index (χ4v) is 4.11. The Labute approximate surface area is 164 Å². The maximum absolute atomic E-state index is 12.9. The molecule has 5 aromatic rings. The molecule has 0 spiro atoms. The van der Waals surface area contributed by atoms with Gasteiger partial charge in [-0.1, -0.05) is 43.3 Å². The number of hydrogen-bond acceptors (Lipinski definition) is 5. The van der Waals surface area contributed by atoms with Crippen molar-refractivity contribution in [1.29, 1.82) is 0 Å². The Balaban J connectivity index is 1.48. The quantitative estimate of drug-likeness (QED) is 0.441. The number of rotatable bonds is 4. The van der Waals surface area contributed by atoms with Gasteiger partial charge in [0.25, 0.3) is 5.56 Å². The zero-order chi connectivity index (χ0) is 19.1. The van der Waals surface area contributed by atoms with Crippen LogP contribution in [0.3, 0.4) is 0 Å². The van der Waals surface area contributed by atoms with Crippen molar-refractivity contribution in [1.82, 2.24) is 14.5 Å². The van der Waals surface area contributed by atoms with Crippen LogP contribution in [0, 0.1) is 0 Å². The molecule has 28 heavy (non-hydrogen) atoms. The van der Waals surface area contributed by atoms with Crippen molar-refractivity contribution in [3.8, 4) is 10.6 Å². The molecule has 0 aliphatic heterocycles. The van der Waals surface area contributed by atoms with Crippen molar-refractivity contribution >= 4 is 33.4 Å². The third kappa shape index (κ3) is 2.82. The highest BCUT2D eigenvalue weighted by Crippen LogP contribution is 2.26. The van der Waals surface area contributed by atoms with Gasteiger partial charge in [0.05, 0.1) is 18.6 Å². The first kappa shape index (κ1) is 16.9. The van der Waals surface area contributed by atoms with Crippen LogP contribution in [-0.2, 0) is 13.0 Å². The predicted molar refractivity (Wildman–Crippen MR) is 112 cm³/mol. The molecule has 0 saturated heterocycles. The predicted octanol–water partition coefficient (Wildman–Crippen LogP) is 4.88. The van der Waals surface area contributed by atoms with Crippen LogP contribution in [0.5, 0.6) is 0 Å². The summed E-state index contributed by atoms with van der Waals surface area (Å²) < 4.78 is 7.29. The topological polar surface area (TPSA) is 60.9 Å². The molecule has 0 radical (unpaired) electrons. The molecule has 2 aromatic carbocycles. The first-order chi connectivity index (χ1) is 13.7. The summed E-state index contributed by atoms with van der Waals surface area (Å²) in [6.07, 6.45) is 2.59. The third-order valence-electron chi connectivity index (χ3n) is 4.84. The van der Waals surface area contributed by atoms with E-state index in [2.05, 4.69) is 36.2 Å². The van der Waals surface area contributed by atoms with E-state index in [9.17, 15) is 4.79 Å². The van der Waals surface area contributed by atoms with Crippen LogP contribution in [0.1, 0.15) is 18.2 Å². The van der Waals surface area contributed by atoms with Crippen molar-refractivity contribution in [2.75, 3.05) is 0 Å². The molecule has 3 aromatic heterocycles. The van der Waals surface area contributed by atoms with Gasteiger partial charge in [0.2, 0.25) is 5.58 Å². The largest absolute Gasteiger partial charge is 0.448 e. The lowest BCUT2D eigenvalue weighted by molar-refractivity contribution is 0.641. The molecule has 0 aliphatic carbocycles. The number of nitrogens with zero attached hydrogens (tertiary/aromatic N) is 3. The first-order valence-electron chi connectivity index (χ1n) is 9.13. The van der Waals surface area contributed by atoms with Crippen molar-refractivity contribution in [3.63, 3.8) is 0 Å². The van der Waals surface area contributed by atoms with Crippen molar-refractivity contribution in [2.45, 2.75) is 19.9 Å². The second-order valence-corrected chi connectivity index (χ2v) is 7.51. The third-order valence-corrected chi connectivity index (χ3v) is 5.78. The fraction of sp³-hybridized carbons (Fsp3) is 0.136. The van der Waals surface area contributed by atoms with Gasteiger partial charge in [-0.2, -0.15) is 0 Å². The second kappa shape index (κ2) is 6.73. The normalized spacial score (nSPS) is 11.5. The molecule has 6 heteroatoms. The monoisotopic (exact) mass is 387 g/mol. The van der Waals surface area contributed by atoms with E-state index in [-0.39, 0.29) is 11.1 Å². The average Bonchev–Trinajstić information content (AvgIpc) is 3.35. The van der Waals surface area contributed by atoms with Gasteiger partial charge in [-0.3, -0.25) is 9.36 Å². The first-order valence-corrected chi connectivity index (χ1v) is 10.0. The molecule has 0 fully saturated rings. The SMILES string of the molecule is CCc1ccc(-c2nc(Cn3cnc4c(oc5ccccc54)c3=O)cs2)cc1. The molecular weight excluding hydrogens is 370 g/mol. The summed E-state index contributed by atoms with van der Waals surface area (Å²) in [4.78, 5) is 22.0. The number of aromatic nitrogens is 3. The molecule has 138 valence electrons. The lowest BCUT2D eigenvalue weighted by Gasteiger charge is -2.02. The van der Waals surface area contributed by atoms with E-state index in [0.29, 0.717) is 17.6 Å². The van der Waals surface area contributed by atoms with Crippen LogP contribution in [0.25, 0.3) is 32.6 Å². The molecular formula is C22H17N3O2S. The van der Waals surface area contributed by atoms with Gasteiger partial charge in [0, 0.05) is 16.3 Å². The second-order valence-electron chi connectivity index (χ2n) is 6.65. The van der Waals surface area contributed by atoms with Gasteiger partial charge in [-0.25, -0.2) is 9.97 Å². The lowest BCUT2D eigenvalue weighted by atomic mass is 10.1. The average molecular weight is 387 g/mol. The van der Waals surface area contributed by atoms with Gasteiger partial charge >= 0.3 is 0 Å². The van der Waals surface area contributed by atoms with Crippen LogP contribution in [0.4, 0.5) is 0 Å². The van der Waals surface area contributed by atoms with Crippen LogP contribution in [0.2, 0.25) is 0 Å². The standard InChI is InChI=1S/C22H17N3O2S/c1-2-14-7-9-15(10-8-14)21-24-16(12-28-21)11-25-13-23-19-17-5-3-4-6-18(17)27-20(19)22(25)26/h3-10,12-13H,2,11H2,1H3. The van der Waals surface area contributed by atoms with E-state index >= 15 is 0 Å². The van der Waals surface area contributed by atoms with Crippen molar-refractivity contribution in [3.05, 3.63) is 81.8 Å². The van der Waals surface area contributed by atoms with E-state index in [1.807, 2.05) is 29.6 Å². The number of furan rings is 1. The van der Waals surface area contributed by atoms with E-state index in [1.165, 1.54) is 5.56 Å². The van der Waals surface area contributed by atoms with Gasteiger partial charge in [0.1, 0.15) is 16.1 Å². The summed E-state index contributed by atoms with van der Waals surface area (Å²) in [5.74, 6) is 0. The molecule has 5 rings (SSSR count). The van der Waals surface area contributed by atoms with Crippen molar-refractivity contribution < 1.29 is 4.42 Å². The Hall–Kier alpha value is -3.25. The van der Waals surface area contributed by atoms with Crippen LogP contribution in [-0.4, -0.2) is 14.5 Å². The smallest absolute Gasteiger partial charge is 0.297 e. The van der Waals surface area contributed by atoms with Gasteiger partial charge in [-0.15, -0.1) is 11.3 Å². The lowest BCUT2D eigenvalue weighted by Crippen LogP contribution is -2.20. The number of hydrogen-bond donors (Lipinski definition) is 0. The fourth-order valence-electron chi connectivity index (χ4n) is 3.30. The Morgan fingerprint density at radius 1 is 1.11 bits per heavy atom. The highest BCUT2D eigenvalue weighted by atomic mass is 32.1. The molecule has 0 bridgehead atoms. The number of thiazole rings is 1. The summed E-state index contributed by atoms with van der Waals surface area (Å²) in [6.45, 7) is 2.50. The summed E-state index contributed by atoms with van der Waals surface area (Å²) in [5, 5.41) is 3.79. The Morgan fingerprint density at radius 3 is 2.75 bits per heavy atom. The molecule has 0 aliphatic rings. The summed E-state index contributed by atoms with van der Waals surface area (Å²) in [7, 11) is 0. The van der Waals surface area contributed by atoms with E-state index in [4.69, 9.17) is 9.40 Å². The maximum Gasteiger partial charge on any atom is 0.297 e. The summed E-state index contributed by atoms with van der Waals surface area (Å²) in [6, 6.07) is 16.0. The molecule has 0 amide bonds. The molecule has 5 nitrogen and oxygen atoms in total. The molecule has 0 atom stereocenters. The minimum atomic E-state index is -0.192. The minimum absolute atomic E-state index is 0.192. The van der Waals surface area contributed by atoms with Crippen LogP contribution < -0.4 is 5.56 Å². The van der Waals surface area contributed by atoms with Gasteiger partial charge in [-0.05, 0) is 24.1 Å². The Morgan fingerprint density at radius 2 is 1.93 bits per heavy atom. The number of benzene rings is 2. The zero-order valence-corrected chi connectivity index (χ0v) is 16.1. The number of para-hydroxylation sites is 1. The van der Waals surface area contributed by atoms with Gasteiger partial charge < -0.3 is 4.42 Å². The molecule has 0 unspecified atom stereocenters.